The van der Waals surface area contributed by atoms with Gasteiger partial charge in [-0.3, -0.25) is 29.0 Å². The number of hydrogen-bond donors (Lipinski definition) is 4. The lowest BCUT2D eigenvalue weighted by molar-refractivity contribution is -0.130. The lowest BCUT2D eigenvalue weighted by Gasteiger charge is -2.56. The van der Waals surface area contributed by atoms with E-state index < -0.39 is 21.2 Å². The number of amides is 1. The van der Waals surface area contributed by atoms with E-state index in [1.807, 2.05) is 42.2 Å². The van der Waals surface area contributed by atoms with Gasteiger partial charge in [0.1, 0.15) is 17.1 Å². The third-order valence-corrected chi connectivity index (χ3v) is 8.90. The molecule has 184 valence electrons. The van der Waals surface area contributed by atoms with Crippen LogP contribution in [0.5, 0.6) is 5.75 Å². The molecule has 3 aromatic rings. The zero-order chi connectivity index (χ0) is 25.1. The molecule has 1 aliphatic heterocycles. The van der Waals surface area contributed by atoms with E-state index in [4.69, 9.17) is 16.4 Å². The van der Waals surface area contributed by atoms with Crippen molar-refractivity contribution in [3.63, 3.8) is 0 Å². The number of carbonyl (C=O) groups excluding carboxylic acids is 1. The van der Waals surface area contributed by atoms with Crippen LogP contribution < -0.4 is 10.2 Å². The van der Waals surface area contributed by atoms with Gasteiger partial charge in [0.15, 0.2) is 0 Å². The second-order valence-electron chi connectivity index (χ2n) is 8.74. The first kappa shape index (κ1) is 25.0. The molecule has 1 fully saturated rings. The van der Waals surface area contributed by atoms with E-state index in [-0.39, 0.29) is 18.7 Å². The summed E-state index contributed by atoms with van der Waals surface area (Å²) in [7, 11) is -3.22. The molecule has 4 rings (SSSR count). The fourth-order valence-electron chi connectivity index (χ4n) is 4.64. The topological polar surface area (TPSA) is 115 Å². The van der Waals surface area contributed by atoms with E-state index in [0.29, 0.717) is 31.0 Å². The van der Waals surface area contributed by atoms with Crippen molar-refractivity contribution in [2.24, 2.45) is 0 Å². The van der Waals surface area contributed by atoms with Crippen LogP contribution in [-0.4, -0.2) is 55.5 Å². The molecule has 8 nitrogen and oxygen atoms in total. The summed E-state index contributed by atoms with van der Waals surface area (Å²) in [4.78, 5) is 18.7. The highest BCUT2D eigenvalue weighted by molar-refractivity contribution is 8.25. The highest BCUT2D eigenvalue weighted by atomic mass is 32.3. The number of pyridine rings is 1. The molecule has 0 aliphatic carbocycles. The quantitative estimate of drug-likeness (QED) is 0.223. The second-order valence-corrected chi connectivity index (χ2v) is 11.3. The van der Waals surface area contributed by atoms with Crippen LogP contribution in [0.1, 0.15) is 23.2 Å². The average molecular weight is 496 g/mol. The monoisotopic (exact) mass is 495 g/mol. The predicted octanol–water partition coefficient (Wildman–Crippen LogP) is 3.91. The maximum atomic E-state index is 12.2. The van der Waals surface area contributed by atoms with Crippen LogP contribution in [0.25, 0.3) is 10.9 Å². The molecule has 1 atom stereocenters. The minimum Gasteiger partial charge on any atom is -0.489 e. The number of fused-ring (bicyclic) bond motifs is 1. The molecule has 0 radical (unpaired) electrons. The lowest BCUT2D eigenvalue weighted by atomic mass is 9.93. The van der Waals surface area contributed by atoms with Crippen molar-refractivity contribution in [2.75, 3.05) is 25.4 Å². The number of carbonyl (C=O) groups is 1. The number of para-hydroxylation sites is 1. The SMILES string of the molecule is C#CCN1CCS(O)(O)C(CC(=O)NO)(c2ccc(OCc3cc(C)nc4ccccc34)cc2)C1. The minimum atomic E-state index is -3.22. The maximum Gasteiger partial charge on any atom is 0.245 e. The van der Waals surface area contributed by atoms with E-state index in [9.17, 15) is 13.9 Å². The number of rotatable bonds is 7. The van der Waals surface area contributed by atoms with Crippen LogP contribution in [0.4, 0.5) is 0 Å². The average Bonchev–Trinajstić information content (AvgIpc) is 2.85. The molecule has 1 unspecified atom stereocenters. The van der Waals surface area contributed by atoms with Gasteiger partial charge < -0.3 is 4.74 Å². The molecule has 2 heterocycles. The molecule has 0 bridgehead atoms. The molecular weight excluding hydrogens is 466 g/mol. The van der Waals surface area contributed by atoms with Crippen LogP contribution in [0.2, 0.25) is 0 Å². The fraction of sp³-hybridized carbons (Fsp3) is 0.308. The molecule has 9 heteroatoms. The molecule has 2 aromatic carbocycles. The van der Waals surface area contributed by atoms with Crippen molar-refractivity contribution in [3.05, 3.63) is 71.4 Å². The smallest absolute Gasteiger partial charge is 0.245 e. The first-order valence-electron chi connectivity index (χ1n) is 11.2. The van der Waals surface area contributed by atoms with Gasteiger partial charge in [-0.05, 0) is 36.8 Å². The summed E-state index contributed by atoms with van der Waals surface area (Å²) in [6.45, 7) is 3.19. The highest BCUT2D eigenvalue weighted by Gasteiger charge is 2.50. The van der Waals surface area contributed by atoms with Crippen LogP contribution in [0.15, 0.2) is 54.6 Å². The summed E-state index contributed by atoms with van der Waals surface area (Å²) in [6.07, 6.45) is 5.18. The number of benzene rings is 2. The Morgan fingerprint density at radius 2 is 2.00 bits per heavy atom. The number of hydrogen-bond acceptors (Lipinski definition) is 7. The van der Waals surface area contributed by atoms with Crippen LogP contribution in [0, 0.1) is 19.3 Å². The Kier molecular flexibility index (Phi) is 7.31. The molecule has 0 saturated carbocycles. The number of aromatic nitrogens is 1. The van der Waals surface area contributed by atoms with Crippen molar-refractivity contribution < 1.29 is 23.8 Å². The molecule has 4 N–H and O–H groups in total. The lowest BCUT2D eigenvalue weighted by Crippen LogP contribution is -2.53. The Balaban J connectivity index is 1.61. The summed E-state index contributed by atoms with van der Waals surface area (Å²) in [5.41, 5.74) is 5.02. The summed E-state index contributed by atoms with van der Waals surface area (Å²) in [5.74, 6) is 2.56. The van der Waals surface area contributed by atoms with E-state index in [2.05, 4.69) is 10.9 Å². The Morgan fingerprint density at radius 3 is 2.71 bits per heavy atom. The standard InChI is InChI=1S/C26H29N3O5S/c1-3-12-29-13-14-35(32,33)26(18-29,16-25(30)28-31)21-8-10-22(11-9-21)34-17-20-15-19(2)27-24-7-5-4-6-23(20)24/h1,4-11,15,31-33H,12-14,16-18H2,2H3,(H,28,30). The molecule has 1 amide bonds. The van der Waals surface area contributed by atoms with Gasteiger partial charge in [-0.1, -0.05) is 36.3 Å². The summed E-state index contributed by atoms with van der Waals surface area (Å²) < 4.78 is 26.9. The minimum absolute atomic E-state index is 0.0834. The second kappa shape index (κ2) is 10.2. The summed E-state index contributed by atoms with van der Waals surface area (Å²) in [5, 5.41) is 10.2. The van der Waals surface area contributed by atoms with E-state index in [0.717, 1.165) is 22.2 Å². The largest absolute Gasteiger partial charge is 0.489 e. The van der Waals surface area contributed by atoms with Crippen LogP contribution in [-0.2, 0) is 16.1 Å². The zero-order valence-corrected chi connectivity index (χ0v) is 20.3. The fourth-order valence-corrected chi connectivity index (χ4v) is 6.81. The van der Waals surface area contributed by atoms with E-state index >= 15 is 0 Å². The molecular formula is C26H29N3O5S. The van der Waals surface area contributed by atoms with E-state index in [1.165, 1.54) is 0 Å². The number of hydroxylamine groups is 1. The normalized spacial score (nSPS) is 20.7. The third-order valence-electron chi connectivity index (χ3n) is 6.39. The van der Waals surface area contributed by atoms with Gasteiger partial charge >= 0.3 is 0 Å². The molecule has 1 aromatic heterocycles. The van der Waals surface area contributed by atoms with Gasteiger partial charge in [0.25, 0.3) is 0 Å². The van der Waals surface area contributed by atoms with Crippen molar-refractivity contribution in [1.29, 1.82) is 0 Å². The Morgan fingerprint density at radius 1 is 1.26 bits per heavy atom. The Hall–Kier alpha value is -3.13. The van der Waals surface area contributed by atoms with Crippen LogP contribution >= 0.6 is 10.6 Å². The third kappa shape index (κ3) is 5.12. The highest BCUT2D eigenvalue weighted by Crippen LogP contribution is 2.62. The number of ether oxygens (including phenoxy) is 1. The molecule has 1 saturated heterocycles. The zero-order valence-electron chi connectivity index (χ0n) is 19.5. The van der Waals surface area contributed by atoms with Crippen molar-refractivity contribution in [2.45, 2.75) is 24.7 Å². The summed E-state index contributed by atoms with van der Waals surface area (Å²) in [6, 6.07) is 16.9. The maximum absolute atomic E-state index is 12.2. The van der Waals surface area contributed by atoms with Crippen molar-refractivity contribution >= 4 is 27.4 Å². The molecule has 0 spiro atoms. The first-order valence-corrected chi connectivity index (χ1v) is 12.9. The van der Waals surface area contributed by atoms with Gasteiger partial charge in [0.05, 0.1) is 24.2 Å². The Bertz CT molecular complexity index is 1260. The van der Waals surface area contributed by atoms with Crippen LogP contribution in [0.3, 0.4) is 0 Å². The molecule has 35 heavy (non-hydrogen) atoms. The molecule has 1 aliphatic rings. The van der Waals surface area contributed by atoms with Gasteiger partial charge in [-0.2, -0.15) is 10.6 Å². The van der Waals surface area contributed by atoms with Gasteiger partial charge in [-0.15, -0.1) is 6.42 Å². The van der Waals surface area contributed by atoms with Crippen molar-refractivity contribution in [3.8, 4) is 18.1 Å². The Labute approximate surface area is 206 Å². The number of terminal acetylenes is 1. The number of aryl methyl sites for hydroxylation is 1. The number of nitrogens with zero attached hydrogens (tertiary/aromatic N) is 2. The first-order chi connectivity index (χ1) is 16.8. The van der Waals surface area contributed by atoms with Gasteiger partial charge in [0, 0.05) is 29.7 Å². The number of nitrogens with one attached hydrogen (secondary N) is 1. The van der Waals surface area contributed by atoms with Gasteiger partial charge in [-0.25, -0.2) is 5.48 Å². The summed E-state index contributed by atoms with van der Waals surface area (Å²) >= 11 is 0. The van der Waals surface area contributed by atoms with Gasteiger partial charge in [0.2, 0.25) is 5.91 Å². The van der Waals surface area contributed by atoms with E-state index in [1.54, 1.807) is 29.7 Å². The van der Waals surface area contributed by atoms with Crippen molar-refractivity contribution in [1.82, 2.24) is 15.4 Å². The predicted molar refractivity (Wildman–Crippen MR) is 136 cm³/mol.